The van der Waals surface area contributed by atoms with Gasteiger partial charge in [0.1, 0.15) is 0 Å². The summed E-state index contributed by atoms with van der Waals surface area (Å²) in [5.41, 5.74) is 1.77. The molecule has 1 N–H and O–H groups in total. The smallest absolute Gasteiger partial charge is 0.0591 e. The number of fused-ring (bicyclic) bond motifs is 1. The first-order valence-electron chi connectivity index (χ1n) is 5.62. The largest absolute Gasteiger partial charge is 0.248 e. The molecular formula is C13H19NS. The van der Waals surface area contributed by atoms with Gasteiger partial charge >= 0.3 is 0 Å². The van der Waals surface area contributed by atoms with Crippen molar-refractivity contribution < 1.29 is 0 Å². The lowest BCUT2D eigenvalue weighted by molar-refractivity contribution is 0.319. The first-order valence-corrected chi connectivity index (χ1v) is 6.44. The van der Waals surface area contributed by atoms with Crippen LogP contribution in [0.5, 0.6) is 0 Å². The van der Waals surface area contributed by atoms with Crippen LogP contribution in [0, 0.1) is 28.4 Å². The van der Waals surface area contributed by atoms with E-state index in [9.17, 15) is 0 Å². The molecule has 1 aliphatic carbocycles. The zero-order chi connectivity index (χ0) is 11.1. The van der Waals surface area contributed by atoms with Gasteiger partial charge in [0.25, 0.3) is 0 Å². The Kier molecular flexibility index (Phi) is 2.87. The zero-order valence-corrected chi connectivity index (χ0v) is 10.7. The summed E-state index contributed by atoms with van der Waals surface area (Å²) in [7, 11) is 0. The van der Waals surface area contributed by atoms with Gasteiger partial charge in [0.2, 0.25) is 0 Å². The van der Waals surface area contributed by atoms with Crippen molar-refractivity contribution in [2.24, 2.45) is 17.3 Å². The number of hydrogen-bond donors (Lipinski definition) is 1. The Hall–Kier alpha value is -0.390. The average Bonchev–Trinajstić information content (AvgIpc) is 2.17. The van der Waals surface area contributed by atoms with Crippen molar-refractivity contribution >= 4 is 11.9 Å². The molecule has 1 unspecified atom stereocenters. The lowest BCUT2D eigenvalue weighted by Gasteiger charge is -2.40. The zero-order valence-electron chi connectivity index (χ0n) is 9.92. The predicted molar refractivity (Wildman–Crippen MR) is 67.1 cm³/mol. The Balaban J connectivity index is 2.35. The van der Waals surface area contributed by atoms with E-state index in [-0.39, 0.29) is 5.41 Å². The van der Waals surface area contributed by atoms with Gasteiger partial charge in [-0.05, 0) is 23.0 Å². The molecule has 0 amide bonds. The number of hydrogen-bond acceptors (Lipinski definition) is 2. The summed E-state index contributed by atoms with van der Waals surface area (Å²) < 4.78 is 3.48. The summed E-state index contributed by atoms with van der Waals surface area (Å²) in [5.74, 6) is 4.51. The van der Waals surface area contributed by atoms with Gasteiger partial charge in [0.15, 0.2) is 0 Å². The maximum atomic E-state index is 3.48. The van der Waals surface area contributed by atoms with Crippen LogP contribution in [0.15, 0.2) is 11.6 Å². The van der Waals surface area contributed by atoms with Crippen LogP contribution in [-0.2, 0) is 0 Å². The average molecular weight is 221 g/mol. The van der Waals surface area contributed by atoms with Crippen molar-refractivity contribution in [2.45, 2.75) is 40.2 Å². The van der Waals surface area contributed by atoms with E-state index < -0.39 is 0 Å². The van der Waals surface area contributed by atoms with Crippen molar-refractivity contribution in [3.63, 3.8) is 0 Å². The number of nitrogens with one attached hydrogen (secondary N) is 1. The van der Waals surface area contributed by atoms with Gasteiger partial charge in [-0.3, -0.25) is 0 Å². The van der Waals surface area contributed by atoms with E-state index in [1.165, 1.54) is 12.0 Å². The van der Waals surface area contributed by atoms with Crippen LogP contribution in [0.2, 0.25) is 0 Å². The van der Waals surface area contributed by atoms with E-state index in [2.05, 4.69) is 49.7 Å². The Morgan fingerprint density at radius 3 is 2.87 bits per heavy atom. The number of rotatable bonds is 0. The second-order valence-electron chi connectivity index (χ2n) is 5.59. The fraction of sp³-hybridized carbons (Fsp3) is 0.692. The number of allylic oxidation sites excluding steroid dienone is 1. The Morgan fingerprint density at radius 1 is 1.47 bits per heavy atom. The summed E-state index contributed by atoms with van der Waals surface area (Å²) >= 11 is 1.56. The van der Waals surface area contributed by atoms with Gasteiger partial charge in [0.05, 0.1) is 5.92 Å². The van der Waals surface area contributed by atoms with Gasteiger partial charge in [-0.15, -0.1) is 0 Å². The molecule has 0 bridgehead atoms. The van der Waals surface area contributed by atoms with E-state index in [1.54, 1.807) is 11.9 Å². The van der Waals surface area contributed by atoms with Gasteiger partial charge in [-0.1, -0.05) is 45.3 Å². The summed E-state index contributed by atoms with van der Waals surface area (Å²) in [6.45, 7) is 9.17. The van der Waals surface area contributed by atoms with E-state index in [0.29, 0.717) is 17.9 Å². The van der Waals surface area contributed by atoms with Crippen molar-refractivity contribution in [1.29, 1.82) is 0 Å². The Bertz CT molecular complexity index is 340. The molecule has 2 heteroatoms. The SMILES string of the molecule is C[C@@H]1CC=C(C(C)(C)C)[C@@H]2C#CSNC12. The quantitative estimate of drug-likeness (QED) is 0.383. The van der Waals surface area contributed by atoms with Crippen molar-refractivity contribution in [3.8, 4) is 11.2 Å². The van der Waals surface area contributed by atoms with E-state index in [4.69, 9.17) is 0 Å². The fourth-order valence-corrected chi connectivity index (χ4v) is 3.17. The summed E-state index contributed by atoms with van der Waals surface area (Å²) in [6, 6.07) is 0.537. The lowest BCUT2D eigenvalue weighted by Crippen LogP contribution is -2.43. The third kappa shape index (κ3) is 2.09. The maximum absolute atomic E-state index is 3.48. The molecule has 0 spiro atoms. The van der Waals surface area contributed by atoms with Crippen LogP contribution in [0.1, 0.15) is 34.1 Å². The second kappa shape index (κ2) is 3.88. The molecule has 0 aromatic rings. The lowest BCUT2D eigenvalue weighted by atomic mass is 9.69. The third-order valence-corrected chi connectivity index (χ3v) is 3.95. The molecule has 0 radical (unpaired) electrons. The molecule has 1 nitrogen and oxygen atoms in total. The highest BCUT2D eigenvalue weighted by molar-refractivity contribution is 8.02. The monoisotopic (exact) mass is 221 g/mol. The summed E-state index contributed by atoms with van der Waals surface area (Å²) in [5, 5.41) is 3.12. The normalized spacial score (nSPS) is 34.9. The van der Waals surface area contributed by atoms with Crippen molar-refractivity contribution in [3.05, 3.63) is 11.6 Å². The van der Waals surface area contributed by atoms with Crippen LogP contribution in [-0.4, -0.2) is 6.04 Å². The second-order valence-corrected chi connectivity index (χ2v) is 6.24. The maximum Gasteiger partial charge on any atom is 0.0591 e. The first-order chi connectivity index (χ1) is 7.00. The van der Waals surface area contributed by atoms with Crippen LogP contribution >= 0.6 is 11.9 Å². The minimum Gasteiger partial charge on any atom is -0.248 e. The fourth-order valence-electron chi connectivity index (χ4n) is 2.42. The third-order valence-electron chi connectivity index (χ3n) is 3.34. The van der Waals surface area contributed by atoms with Crippen LogP contribution in [0.4, 0.5) is 0 Å². The highest BCUT2D eigenvalue weighted by atomic mass is 32.2. The van der Waals surface area contributed by atoms with E-state index in [1.807, 2.05) is 0 Å². The van der Waals surface area contributed by atoms with Gasteiger partial charge in [0, 0.05) is 18.0 Å². The molecule has 82 valence electrons. The minimum atomic E-state index is 0.251. The molecule has 1 heterocycles. The molecule has 0 saturated heterocycles. The molecule has 0 aromatic carbocycles. The molecular weight excluding hydrogens is 202 g/mol. The van der Waals surface area contributed by atoms with E-state index >= 15 is 0 Å². The molecule has 0 aromatic heterocycles. The molecule has 0 saturated carbocycles. The van der Waals surface area contributed by atoms with Crippen molar-refractivity contribution in [1.82, 2.24) is 4.72 Å². The van der Waals surface area contributed by atoms with Gasteiger partial charge in [-0.2, -0.15) is 0 Å². The molecule has 2 aliphatic rings. The van der Waals surface area contributed by atoms with Crippen LogP contribution in [0.25, 0.3) is 0 Å². The van der Waals surface area contributed by atoms with Crippen LogP contribution < -0.4 is 4.72 Å². The molecule has 1 aliphatic heterocycles. The standard InChI is InChI=1S/C13H19NS/c1-9-5-6-11(13(2,3)4)10-7-8-15-14-12(9)10/h6,9-10,12,14H,5H2,1-4H3/t9-,10+,12?/m1/s1. The van der Waals surface area contributed by atoms with Crippen LogP contribution in [0.3, 0.4) is 0 Å². The minimum absolute atomic E-state index is 0.251. The molecule has 0 fully saturated rings. The highest BCUT2D eigenvalue weighted by Crippen LogP contribution is 2.40. The highest BCUT2D eigenvalue weighted by Gasteiger charge is 2.37. The topological polar surface area (TPSA) is 12.0 Å². The summed E-state index contributed by atoms with van der Waals surface area (Å²) in [6.07, 6.45) is 3.60. The molecule has 2 rings (SSSR count). The van der Waals surface area contributed by atoms with Gasteiger partial charge < -0.3 is 0 Å². The van der Waals surface area contributed by atoms with Gasteiger partial charge in [-0.25, -0.2) is 4.72 Å². The predicted octanol–water partition coefficient (Wildman–Crippen LogP) is 3.20. The van der Waals surface area contributed by atoms with Crippen molar-refractivity contribution in [2.75, 3.05) is 0 Å². The molecule has 3 atom stereocenters. The Labute approximate surface area is 97.2 Å². The first kappa shape index (κ1) is 11.1. The Morgan fingerprint density at radius 2 is 2.20 bits per heavy atom. The van der Waals surface area contributed by atoms with E-state index in [0.717, 1.165) is 0 Å². The molecule has 15 heavy (non-hydrogen) atoms. The summed E-state index contributed by atoms with van der Waals surface area (Å²) in [4.78, 5) is 0.